The first-order valence-electron chi connectivity index (χ1n) is 6.44. The Balaban J connectivity index is 1.81. The molecule has 1 aliphatic carbocycles. The minimum atomic E-state index is -0.313. The highest BCUT2D eigenvalue weighted by Gasteiger charge is 2.38. The highest BCUT2D eigenvalue weighted by Crippen LogP contribution is 2.30. The Hall–Kier alpha value is -1.42. The summed E-state index contributed by atoms with van der Waals surface area (Å²) in [6.45, 7) is 1.24. The maximum Gasteiger partial charge on any atom is 0.254 e. The fourth-order valence-electron chi connectivity index (χ4n) is 2.94. The van der Waals surface area contributed by atoms with E-state index in [1.54, 1.807) is 12.1 Å². The molecule has 3 rings (SSSR count). The third-order valence-electron chi connectivity index (χ3n) is 3.83. The van der Waals surface area contributed by atoms with E-state index in [-0.39, 0.29) is 23.9 Å². The Labute approximate surface area is 106 Å². The highest BCUT2D eigenvalue weighted by molar-refractivity contribution is 5.94. The van der Waals surface area contributed by atoms with Gasteiger partial charge in [0, 0.05) is 12.1 Å². The monoisotopic (exact) mass is 249 g/mol. The van der Waals surface area contributed by atoms with Crippen molar-refractivity contribution < 1.29 is 13.9 Å². The lowest BCUT2D eigenvalue weighted by Gasteiger charge is -2.37. The number of carbonyl (C=O) groups excluding carboxylic acids is 1. The van der Waals surface area contributed by atoms with Gasteiger partial charge >= 0.3 is 0 Å². The van der Waals surface area contributed by atoms with Crippen LogP contribution in [0.3, 0.4) is 0 Å². The fraction of sp³-hybridized carbons (Fsp3) is 0.500. The maximum atomic E-state index is 12.9. The van der Waals surface area contributed by atoms with Crippen molar-refractivity contribution in [3.8, 4) is 0 Å². The summed E-state index contributed by atoms with van der Waals surface area (Å²) in [7, 11) is 0. The van der Waals surface area contributed by atoms with E-state index in [1.165, 1.54) is 12.1 Å². The molecule has 2 atom stereocenters. The van der Waals surface area contributed by atoms with Crippen molar-refractivity contribution in [2.24, 2.45) is 0 Å². The van der Waals surface area contributed by atoms with Crippen LogP contribution in [0.5, 0.6) is 0 Å². The lowest BCUT2D eigenvalue weighted by molar-refractivity contribution is -0.0445. The number of hydrogen-bond acceptors (Lipinski definition) is 2. The molecule has 4 heteroatoms. The third-order valence-corrected chi connectivity index (χ3v) is 3.83. The number of rotatable bonds is 1. The average Bonchev–Trinajstić information content (AvgIpc) is 2.87. The minimum absolute atomic E-state index is 0.00444. The SMILES string of the molecule is O=C(c1ccc(F)cc1)N1CCOC2CCCC21. The normalized spacial score (nSPS) is 27.1. The van der Waals surface area contributed by atoms with Crippen LogP contribution in [-0.2, 0) is 4.74 Å². The van der Waals surface area contributed by atoms with Crippen LogP contribution in [0.25, 0.3) is 0 Å². The van der Waals surface area contributed by atoms with Crippen molar-refractivity contribution in [1.82, 2.24) is 4.90 Å². The molecule has 1 saturated heterocycles. The molecule has 1 heterocycles. The lowest BCUT2D eigenvalue weighted by Crippen LogP contribution is -2.51. The summed E-state index contributed by atoms with van der Waals surface area (Å²) in [6, 6.07) is 5.98. The largest absolute Gasteiger partial charge is 0.374 e. The molecule has 1 aliphatic heterocycles. The van der Waals surface area contributed by atoms with Gasteiger partial charge in [-0.15, -0.1) is 0 Å². The molecular formula is C14H16FNO2. The van der Waals surface area contributed by atoms with Crippen LogP contribution in [0, 0.1) is 5.82 Å². The van der Waals surface area contributed by atoms with Crippen molar-refractivity contribution in [3.63, 3.8) is 0 Å². The predicted molar refractivity (Wildman–Crippen MR) is 64.8 cm³/mol. The second-order valence-electron chi connectivity index (χ2n) is 4.91. The topological polar surface area (TPSA) is 29.5 Å². The number of carbonyl (C=O) groups is 1. The van der Waals surface area contributed by atoms with E-state index in [0.29, 0.717) is 18.7 Å². The molecule has 3 nitrogen and oxygen atoms in total. The number of amides is 1. The summed E-state index contributed by atoms with van der Waals surface area (Å²) in [6.07, 6.45) is 3.36. The third kappa shape index (κ3) is 2.01. The van der Waals surface area contributed by atoms with Crippen molar-refractivity contribution >= 4 is 5.91 Å². The van der Waals surface area contributed by atoms with Crippen LogP contribution in [0.1, 0.15) is 29.6 Å². The highest BCUT2D eigenvalue weighted by atomic mass is 19.1. The minimum Gasteiger partial charge on any atom is -0.374 e. The second-order valence-corrected chi connectivity index (χ2v) is 4.91. The van der Waals surface area contributed by atoms with E-state index in [9.17, 15) is 9.18 Å². The van der Waals surface area contributed by atoms with Gasteiger partial charge in [0.25, 0.3) is 5.91 Å². The maximum absolute atomic E-state index is 12.9. The Bertz CT molecular complexity index is 446. The van der Waals surface area contributed by atoms with Crippen molar-refractivity contribution in [2.75, 3.05) is 13.2 Å². The lowest BCUT2D eigenvalue weighted by atomic mass is 10.1. The van der Waals surface area contributed by atoms with E-state index in [0.717, 1.165) is 19.3 Å². The van der Waals surface area contributed by atoms with E-state index in [1.807, 2.05) is 4.90 Å². The van der Waals surface area contributed by atoms with Gasteiger partial charge in [-0.25, -0.2) is 4.39 Å². The molecule has 0 bridgehead atoms. The molecule has 0 radical (unpaired) electrons. The zero-order chi connectivity index (χ0) is 12.5. The summed E-state index contributed by atoms with van der Waals surface area (Å²) in [5, 5.41) is 0. The summed E-state index contributed by atoms with van der Waals surface area (Å²) in [5.74, 6) is -0.317. The van der Waals surface area contributed by atoms with Crippen molar-refractivity contribution in [3.05, 3.63) is 35.6 Å². The van der Waals surface area contributed by atoms with Gasteiger partial charge < -0.3 is 9.64 Å². The number of halogens is 1. The van der Waals surface area contributed by atoms with Gasteiger partial charge in [-0.2, -0.15) is 0 Å². The van der Waals surface area contributed by atoms with Gasteiger partial charge in [0.1, 0.15) is 5.82 Å². The molecule has 0 spiro atoms. The molecule has 2 aliphatic rings. The first kappa shape index (κ1) is 11.7. The summed E-state index contributed by atoms with van der Waals surface area (Å²) < 4.78 is 18.5. The number of fused-ring (bicyclic) bond motifs is 1. The standard InChI is InChI=1S/C14H16FNO2/c15-11-6-4-10(5-7-11)14(17)16-8-9-18-13-3-1-2-12(13)16/h4-7,12-13H,1-3,8-9H2. The van der Waals surface area contributed by atoms with Gasteiger partial charge in [-0.05, 0) is 43.5 Å². The number of benzene rings is 1. The van der Waals surface area contributed by atoms with Crippen molar-refractivity contribution in [1.29, 1.82) is 0 Å². The van der Waals surface area contributed by atoms with Crippen LogP contribution in [0.15, 0.2) is 24.3 Å². The van der Waals surface area contributed by atoms with E-state index in [2.05, 4.69) is 0 Å². The number of morpholine rings is 1. The number of ether oxygens (including phenoxy) is 1. The summed E-state index contributed by atoms with van der Waals surface area (Å²) >= 11 is 0. The zero-order valence-corrected chi connectivity index (χ0v) is 10.1. The Kier molecular flexibility index (Phi) is 3.04. The van der Waals surface area contributed by atoms with E-state index >= 15 is 0 Å². The second kappa shape index (κ2) is 4.69. The molecular weight excluding hydrogens is 233 g/mol. The Morgan fingerprint density at radius 2 is 2.06 bits per heavy atom. The van der Waals surface area contributed by atoms with Crippen LogP contribution >= 0.6 is 0 Å². The quantitative estimate of drug-likeness (QED) is 0.763. The summed E-state index contributed by atoms with van der Waals surface area (Å²) in [5.41, 5.74) is 0.559. The fourth-order valence-corrected chi connectivity index (χ4v) is 2.94. The molecule has 18 heavy (non-hydrogen) atoms. The Morgan fingerprint density at radius 3 is 2.83 bits per heavy atom. The van der Waals surface area contributed by atoms with Gasteiger partial charge in [0.2, 0.25) is 0 Å². The van der Waals surface area contributed by atoms with Gasteiger partial charge in [0.15, 0.2) is 0 Å². The van der Waals surface area contributed by atoms with Gasteiger partial charge in [-0.1, -0.05) is 0 Å². The van der Waals surface area contributed by atoms with Crippen LogP contribution in [-0.4, -0.2) is 36.1 Å². The van der Waals surface area contributed by atoms with Crippen LogP contribution in [0.2, 0.25) is 0 Å². The van der Waals surface area contributed by atoms with Gasteiger partial charge in [-0.3, -0.25) is 4.79 Å². The first-order valence-corrected chi connectivity index (χ1v) is 6.44. The number of hydrogen-bond donors (Lipinski definition) is 0. The molecule has 0 aromatic heterocycles. The zero-order valence-electron chi connectivity index (χ0n) is 10.1. The van der Waals surface area contributed by atoms with Crippen LogP contribution in [0.4, 0.5) is 4.39 Å². The van der Waals surface area contributed by atoms with E-state index in [4.69, 9.17) is 4.74 Å². The predicted octanol–water partition coefficient (Wildman–Crippen LogP) is 2.22. The molecule has 2 fully saturated rings. The first-order chi connectivity index (χ1) is 8.75. The molecule has 1 amide bonds. The smallest absolute Gasteiger partial charge is 0.254 e. The molecule has 96 valence electrons. The molecule has 0 N–H and O–H groups in total. The van der Waals surface area contributed by atoms with Crippen molar-refractivity contribution in [2.45, 2.75) is 31.4 Å². The van der Waals surface area contributed by atoms with E-state index < -0.39 is 0 Å². The average molecular weight is 249 g/mol. The molecule has 2 unspecified atom stereocenters. The Morgan fingerprint density at radius 1 is 1.28 bits per heavy atom. The number of nitrogens with zero attached hydrogens (tertiary/aromatic N) is 1. The summed E-state index contributed by atoms with van der Waals surface area (Å²) in [4.78, 5) is 14.3. The molecule has 1 saturated carbocycles. The van der Waals surface area contributed by atoms with Crippen LogP contribution < -0.4 is 0 Å². The molecule has 1 aromatic rings. The molecule has 1 aromatic carbocycles. The van der Waals surface area contributed by atoms with Gasteiger partial charge in [0.05, 0.1) is 18.8 Å².